The molecule has 1 aliphatic rings. The fraction of sp³-hybridized carbons (Fsp3) is 0.273. The van der Waals surface area contributed by atoms with Gasteiger partial charge in [-0.05, 0) is 42.7 Å². The number of carbonyl (C=O) groups is 1. The molecule has 0 unspecified atom stereocenters. The SMILES string of the molecule is COc1ccc(CNC(=O)c2c(O)c3cccc4c3n(c2=O)[C@H](C)C4)cc1OC. The molecule has 150 valence electrons. The average molecular weight is 394 g/mol. The minimum absolute atomic E-state index is 0.0691. The topological polar surface area (TPSA) is 89.8 Å². The summed E-state index contributed by atoms with van der Waals surface area (Å²) in [4.78, 5) is 25.9. The highest BCUT2D eigenvalue weighted by Gasteiger charge is 2.29. The van der Waals surface area contributed by atoms with Crippen LogP contribution in [0.4, 0.5) is 0 Å². The van der Waals surface area contributed by atoms with Gasteiger partial charge in [-0.2, -0.15) is 0 Å². The van der Waals surface area contributed by atoms with Crippen LogP contribution in [0.1, 0.15) is 34.5 Å². The van der Waals surface area contributed by atoms with E-state index in [0.717, 1.165) is 11.1 Å². The van der Waals surface area contributed by atoms with E-state index < -0.39 is 11.5 Å². The highest BCUT2D eigenvalue weighted by atomic mass is 16.5. The number of ether oxygens (including phenoxy) is 2. The first-order valence-electron chi connectivity index (χ1n) is 9.34. The first-order valence-corrected chi connectivity index (χ1v) is 9.34. The molecular formula is C22H22N2O5. The van der Waals surface area contributed by atoms with Crippen molar-refractivity contribution in [3.8, 4) is 17.2 Å². The quantitative estimate of drug-likeness (QED) is 0.695. The van der Waals surface area contributed by atoms with E-state index in [1.54, 1.807) is 35.9 Å². The molecule has 2 aromatic carbocycles. The summed E-state index contributed by atoms with van der Waals surface area (Å²) in [6.45, 7) is 2.11. The number of pyridine rings is 1. The number of rotatable bonds is 5. The molecule has 0 aliphatic carbocycles. The lowest BCUT2D eigenvalue weighted by Gasteiger charge is -2.14. The number of carbonyl (C=O) groups excluding carboxylic acids is 1. The van der Waals surface area contributed by atoms with E-state index in [1.165, 1.54) is 7.11 Å². The fourth-order valence-corrected chi connectivity index (χ4v) is 3.99. The monoisotopic (exact) mass is 394 g/mol. The average Bonchev–Trinajstić information content (AvgIpc) is 3.07. The molecule has 1 atom stereocenters. The molecule has 7 heteroatoms. The smallest absolute Gasteiger partial charge is 0.267 e. The number of aromatic hydroxyl groups is 1. The van der Waals surface area contributed by atoms with Crippen LogP contribution in [0.2, 0.25) is 0 Å². The molecule has 1 aliphatic heterocycles. The zero-order valence-electron chi connectivity index (χ0n) is 16.5. The lowest BCUT2D eigenvalue weighted by atomic mass is 10.1. The Balaban J connectivity index is 1.68. The number of aromatic nitrogens is 1. The third-order valence-corrected chi connectivity index (χ3v) is 5.37. The van der Waals surface area contributed by atoms with Gasteiger partial charge in [-0.1, -0.05) is 18.2 Å². The van der Waals surface area contributed by atoms with Crippen molar-refractivity contribution in [1.29, 1.82) is 0 Å². The van der Waals surface area contributed by atoms with E-state index in [2.05, 4.69) is 5.32 Å². The molecule has 2 N–H and O–H groups in total. The second kappa shape index (κ2) is 7.16. The molecule has 0 fully saturated rings. The summed E-state index contributed by atoms with van der Waals surface area (Å²) in [7, 11) is 3.08. The summed E-state index contributed by atoms with van der Waals surface area (Å²) < 4.78 is 12.1. The van der Waals surface area contributed by atoms with E-state index >= 15 is 0 Å². The molecule has 0 radical (unpaired) electrons. The molecular weight excluding hydrogens is 372 g/mol. The Bertz CT molecular complexity index is 1180. The number of amides is 1. The van der Waals surface area contributed by atoms with Crippen molar-refractivity contribution in [2.45, 2.75) is 25.9 Å². The van der Waals surface area contributed by atoms with Crippen LogP contribution in [0.3, 0.4) is 0 Å². The van der Waals surface area contributed by atoms with Crippen molar-refractivity contribution in [3.05, 3.63) is 63.4 Å². The standard InChI is InChI=1S/C22H22N2O5/c1-12-9-14-5-4-6-15-19(14)24(12)22(27)18(20(15)25)21(26)23-11-13-7-8-16(28-2)17(10-13)29-3/h4-8,10,12,25H,9,11H2,1-3H3,(H,23,26)/t12-/m1/s1. The molecule has 0 spiro atoms. The Hall–Kier alpha value is -3.48. The number of benzene rings is 2. The Morgan fingerprint density at radius 1 is 1.21 bits per heavy atom. The Labute approximate surface area is 167 Å². The number of hydrogen-bond acceptors (Lipinski definition) is 5. The summed E-state index contributed by atoms with van der Waals surface area (Å²) in [5.41, 5.74) is 1.77. The van der Waals surface area contributed by atoms with Gasteiger partial charge in [0.05, 0.1) is 19.7 Å². The second-order valence-electron chi connectivity index (χ2n) is 7.14. The van der Waals surface area contributed by atoms with Gasteiger partial charge >= 0.3 is 0 Å². The number of para-hydroxylation sites is 1. The molecule has 29 heavy (non-hydrogen) atoms. The zero-order chi connectivity index (χ0) is 20.7. The summed E-state index contributed by atoms with van der Waals surface area (Å²) >= 11 is 0. The summed E-state index contributed by atoms with van der Waals surface area (Å²) in [6, 6.07) is 10.7. The second-order valence-corrected chi connectivity index (χ2v) is 7.14. The first-order chi connectivity index (χ1) is 14.0. The van der Waals surface area contributed by atoms with E-state index in [9.17, 15) is 14.7 Å². The van der Waals surface area contributed by atoms with Crippen LogP contribution in [0.5, 0.6) is 17.2 Å². The summed E-state index contributed by atoms with van der Waals surface area (Å²) in [6.07, 6.45) is 0.697. The van der Waals surface area contributed by atoms with Gasteiger partial charge in [0, 0.05) is 18.0 Å². The van der Waals surface area contributed by atoms with Gasteiger partial charge in [0.1, 0.15) is 11.3 Å². The maximum atomic E-state index is 13.0. The van der Waals surface area contributed by atoms with Gasteiger partial charge in [0.2, 0.25) is 0 Å². The van der Waals surface area contributed by atoms with E-state index in [4.69, 9.17) is 9.47 Å². The lowest BCUT2D eigenvalue weighted by molar-refractivity contribution is 0.0946. The third-order valence-electron chi connectivity index (χ3n) is 5.37. The highest BCUT2D eigenvalue weighted by molar-refractivity contribution is 6.03. The lowest BCUT2D eigenvalue weighted by Crippen LogP contribution is -2.33. The highest BCUT2D eigenvalue weighted by Crippen LogP contribution is 2.36. The number of methoxy groups -OCH3 is 2. The maximum Gasteiger partial charge on any atom is 0.267 e. The van der Waals surface area contributed by atoms with Gasteiger partial charge < -0.3 is 24.5 Å². The normalized spacial score (nSPS) is 14.8. The van der Waals surface area contributed by atoms with Gasteiger partial charge in [0.25, 0.3) is 11.5 Å². The Morgan fingerprint density at radius 3 is 2.69 bits per heavy atom. The Morgan fingerprint density at radius 2 is 1.97 bits per heavy atom. The third kappa shape index (κ3) is 2.99. The number of nitrogens with one attached hydrogen (secondary N) is 1. The van der Waals surface area contributed by atoms with Gasteiger partial charge in [0.15, 0.2) is 11.5 Å². The first kappa shape index (κ1) is 18.9. The van der Waals surface area contributed by atoms with Crippen molar-refractivity contribution in [2.75, 3.05) is 14.2 Å². The van der Waals surface area contributed by atoms with Crippen LogP contribution < -0.4 is 20.3 Å². The molecule has 0 saturated carbocycles. The molecule has 4 rings (SSSR count). The largest absolute Gasteiger partial charge is 0.506 e. The Kier molecular flexibility index (Phi) is 4.66. The molecule has 3 aromatic rings. The van der Waals surface area contributed by atoms with Crippen LogP contribution in [-0.4, -0.2) is 29.8 Å². The van der Waals surface area contributed by atoms with Crippen molar-refractivity contribution < 1.29 is 19.4 Å². The molecule has 7 nitrogen and oxygen atoms in total. The molecule has 0 saturated heterocycles. The van der Waals surface area contributed by atoms with E-state index in [0.29, 0.717) is 28.8 Å². The molecule has 0 bridgehead atoms. The summed E-state index contributed by atoms with van der Waals surface area (Å²) in [5.74, 6) is 0.239. The molecule has 1 amide bonds. The predicted octanol–water partition coefficient (Wildman–Crippen LogP) is 2.77. The fourth-order valence-electron chi connectivity index (χ4n) is 3.99. The van der Waals surface area contributed by atoms with Gasteiger partial charge in [-0.3, -0.25) is 9.59 Å². The van der Waals surface area contributed by atoms with Crippen molar-refractivity contribution >= 4 is 16.8 Å². The summed E-state index contributed by atoms with van der Waals surface area (Å²) in [5, 5.41) is 13.9. The molecule has 2 heterocycles. The van der Waals surface area contributed by atoms with E-state index in [1.807, 2.05) is 19.1 Å². The van der Waals surface area contributed by atoms with Crippen molar-refractivity contribution in [2.24, 2.45) is 0 Å². The minimum Gasteiger partial charge on any atom is -0.506 e. The van der Waals surface area contributed by atoms with Crippen LogP contribution in [0.15, 0.2) is 41.2 Å². The van der Waals surface area contributed by atoms with Crippen LogP contribution in [0, 0.1) is 0 Å². The van der Waals surface area contributed by atoms with Crippen LogP contribution >= 0.6 is 0 Å². The van der Waals surface area contributed by atoms with Crippen LogP contribution in [-0.2, 0) is 13.0 Å². The van der Waals surface area contributed by atoms with E-state index in [-0.39, 0.29) is 23.9 Å². The number of nitrogens with zero attached hydrogens (tertiary/aromatic N) is 1. The van der Waals surface area contributed by atoms with Crippen molar-refractivity contribution in [1.82, 2.24) is 9.88 Å². The number of hydrogen-bond donors (Lipinski definition) is 2. The van der Waals surface area contributed by atoms with Gasteiger partial charge in [-0.25, -0.2) is 0 Å². The van der Waals surface area contributed by atoms with Gasteiger partial charge in [-0.15, -0.1) is 0 Å². The minimum atomic E-state index is -0.613. The van der Waals surface area contributed by atoms with Crippen molar-refractivity contribution in [3.63, 3.8) is 0 Å². The molecule has 1 aromatic heterocycles. The predicted molar refractivity (Wildman–Crippen MR) is 109 cm³/mol. The van der Waals surface area contributed by atoms with Crippen LogP contribution in [0.25, 0.3) is 10.9 Å². The zero-order valence-corrected chi connectivity index (χ0v) is 16.5. The maximum absolute atomic E-state index is 13.0.